The Hall–Kier alpha value is -1.62. The van der Waals surface area contributed by atoms with E-state index in [4.69, 9.17) is 9.84 Å². The smallest absolute Gasteiger partial charge is 0.311 e. The molecule has 0 heterocycles. The molecule has 1 aromatic rings. The van der Waals surface area contributed by atoms with E-state index >= 15 is 0 Å². The number of phenols is 1. The van der Waals surface area contributed by atoms with Crippen LogP contribution in [0.15, 0.2) is 18.2 Å². The molecule has 0 bridgehead atoms. The van der Waals surface area contributed by atoms with Crippen molar-refractivity contribution in [3.05, 3.63) is 29.6 Å². The Balaban J connectivity index is 2.92. The molecule has 0 radical (unpaired) electrons. The fraction of sp³-hybridized carbons (Fsp3) is 0.462. The Bertz CT molecular complexity index is 419. The molecule has 0 aliphatic carbocycles. The fourth-order valence-electron chi connectivity index (χ4n) is 1.71. The number of phenolic OH excluding ortho intramolecular Hbond substituents is 1. The summed E-state index contributed by atoms with van der Waals surface area (Å²) < 4.78 is 18.0. The maximum Gasteiger partial charge on any atom is 0.311 e. The second kappa shape index (κ2) is 6.35. The predicted octanol–water partition coefficient (Wildman–Crippen LogP) is 2.15. The van der Waals surface area contributed by atoms with Gasteiger partial charge in [0.1, 0.15) is 0 Å². The molecule has 1 aromatic carbocycles. The van der Waals surface area contributed by atoms with Crippen LogP contribution < -0.4 is 0 Å². The molecule has 0 fully saturated rings. The van der Waals surface area contributed by atoms with Crippen LogP contribution in [0.2, 0.25) is 0 Å². The number of hydrogen-bond acceptors (Lipinski definition) is 4. The van der Waals surface area contributed by atoms with E-state index in [1.54, 1.807) is 13.8 Å². The average Bonchev–Trinajstić information content (AvgIpc) is 2.33. The van der Waals surface area contributed by atoms with E-state index in [0.29, 0.717) is 6.42 Å². The van der Waals surface area contributed by atoms with Gasteiger partial charge in [-0.15, -0.1) is 0 Å². The van der Waals surface area contributed by atoms with Crippen molar-refractivity contribution in [2.75, 3.05) is 6.61 Å². The Labute approximate surface area is 105 Å². The number of carbonyl (C=O) groups excluding carboxylic acids is 1. The molecule has 0 saturated heterocycles. The van der Waals surface area contributed by atoms with Gasteiger partial charge in [0.2, 0.25) is 0 Å². The van der Waals surface area contributed by atoms with Crippen LogP contribution >= 0.6 is 0 Å². The Morgan fingerprint density at radius 3 is 2.61 bits per heavy atom. The van der Waals surface area contributed by atoms with Gasteiger partial charge in [-0.2, -0.15) is 0 Å². The van der Waals surface area contributed by atoms with Crippen molar-refractivity contribution in [2.24, 2.45) is 5.92 Å². The highest BCUT2D eigenvalue weighted by molar-refractivity contribution is 5.73. The Morgan fingerprint density at radius 2 is 2.11 bits per heavy atom. The van der Waals surface area contributed by atoms with Crippen molar-refractivity contribution in [1.29, 1.82) is 0 Å². The molecule has 0 aromatic heterocycles. The zero-order valence-electron chi connectivity index (χ0n) is 10.4. The monoisotopic (exact) mass is 256 g/mol. The number of carbonyl (C=O) groups is 1. The lowest BCUT2D eigenvalue weighted by molar-refractivity contribution is -0.152. The van der Waals surface area contributed by atoms with Crippen molar-refractivity contribution in [3.8, 4) is 5.75 Å². The molecule has 18 heavy (non-hydrogen) atoms. The third-order valence-corrected chi connectivity index (χ3v) is 2.72. The van der Waals surface area contributed by atoms with Crippen molar-refractivity contribution < 1.29 is 24.1 Å². The van der Waals surface area contributed by atoms with E-state index in [9.17, 15) is 14.3 Å². The minimum Gasteiger partial charge on any atom is -0.505 e. The van der Waals surface area contributed by atoms with Crippen molar-refractivity contribution in [2.45, 2.75) is 26.4 Å². The number of benzene rings is 1. The third kappa shape index (κ3) is 3.20. The third-order valence-electron chi connectivity index (χ3n) is 2.72. The number of aliphatic hydroxyl groups is 1. The van der Waals surface area contributed by atoms with E-state index in [1.165, 1.54) is 6.07 Å². The number of aliphatic hydroxyl groups excluding tert-OH is 1. The summed E-state index contributed by atoms with van der Waals surface area (Å²) in [4.78, 5) is 11.6. The summed E-state index contributed by atoms with van der Waals surface area (Å²) in [5, 5.41) is 19.1. The summed E-state index contributed by atoms with van der Waals surface area (Å²) in [6.45, 7) is 3.64. The van der Waals surface area contributed by atoms with Gasteiger partial charge in [-0.1, -0.05) is 13.0 Å². The number of ether oxygens (including phenoxy) is 1. The number of halogens is 1. The van der Waals surface area contributed by atoms with Gasteiger partial charge in [-0.3, -0.25) is 4.79 Å². The first kappa shape index (κ1) is 14.4. The SMILES string of the molecule is CCOC(=O)C(CC)C(O)c1ccc(O)c(F)c1. The first-order valence-electron chi connectivity index (χ1n) is 5.84. The van der Waals surface area contributed by atoms with Gasteiger partial charge in [0.25, 0.3) is 0 Å². The van der Waals surface area contributed by atoms with Crippen LogP contribution in [0.25, 0.3) is 0 Å². The predicted molar refractivity (Wildman–Crippen MR) is 63.4 cm³/mol. The topological polar surface area (TPSA) is 66.8 Å². The van der Waals surface area contributed by atoms with Gasteiger partial charge in [-0.25, -0.2) is 4.39 Å². The van der Waals surface area contributed by atoms with Crippen molar-refractivity contribution in [3.63, 3.8) is 0 Å². The zero-order valence-corrected chi connectivity index (χ0v) is 10.4. The molecule has 2 N–H and O–H groups in total. The highest BCUT2D eigenvalue weighted by Crippen LogP contribution is 2.28. The summed E-state index contributed by atoms with van der Waals surface area (Å²) in [5.74, 6) is -2.57. The van der Waals surface area contributed by atoms with Gasteiger partial charge < -0.3 is 14.9 Å². The first-order chi connectivity index (χ1) is 8.51. The number of rotatable bonds is 5. The standard InChI is InChI=1S/C13H17FO4/c1-3-9(13(17)18-4-2)12(16)8-5-6-11(15)10(14)7-8/h5-7,9,12,15-16H,3-4H2,1-2H3. The lowest BCUT2D eigenvalue weighted by Gasteiger charge is -2.20. The quantitative estimate of drug-likeness (QED) is 0.792. The Kier molecular flexibility index (Phi) is 5.09. The molecule has 4 nitrogen and oxygen atoms in total. The molecule has 5 heteroatoms. The van der Waals surface area contributed by atoms with Crippen LogP contribution in [-0.2, 0) is 9.53 Å². The van der Waals surface area contributed by atoms with Gasteiger partial charge in [0.05, 0.1) is 18.6 Å². The lowest BCUT2D eigenvalue weighted by Crippen LogP contribution is -2.24. The van der Waals surface area contributed by atoms with Gasteiger partial charge in [0, 0.05) is 0 Å². The number of aromatic hydroxyl groups is 1. The minimum absolute atomic E-state index is 0.228. The van der Waals surface area contributed by atoms with E-state index in [-0.39, 0.29) is 12.2 Å². The van der Waals surface area contributed by atoms with E-state index in [0.717, 1.165) is 12.1 Å². The molecule has 0 spiro atoms. The van der Waals surface area contributed by atoms with Gasteiger partial charge in [0.15, 0.2) is 11.6 Å². The first-order valence-corrected chi connectivity index (χ1v) is 5.84. The Morgan fingerprint density at radius 1 is 1.44 bits per heavy atom. The molecule has 100 valence electrons. The largest absolute Gasteiger partial charge is 0.505 e. The number of esters is 1. The van der Waals surface area contributed by atoms with E-state index in [1.807, 2.05) is 0 Å². The molecular weight excluding hydrogens is 239 g/mol. The summed E-state index contributed by atoms with van der Waals surface area (Å²) in [6, 6.07) is 3.54. The van der Waals surface area contributed by atoms with Gasteiger partial charge >= 0.3 is 5.97 Å². The summed E-state index contributed by atoms with van der Waals surface area (Å²) >= 11 is 0. The van der Waals surface area contributed by atoms with Crippen LogP contribution in [0.3, 0.4) is 0 Å². The molecular formula is C13H17FO4. The molecule has 0 saturated carbocycles. The van der Waals surface area contributed by atoms with Crippen molar-refractivity contribution in [1.82, 2.24) is 0 Å². The fourth-order valence-corrected chi connectivity index (χ4v) is 1.71. The summed E-state index contributed by atoms with van der Waals surface area (Å²) in [6.07, 6.45) is -0.771. The second-order valence-corrected chi connectivity index (χ2v) is 3.92. The molecule has 1 rings (SSSR count). The maximum absolute atomic E-state index is 13.2. The maximum atomic E-state index is 13.2. The minimum atomic E-state index is -1.15. The van der Waals surface area contributed by atoms with Gasteiger partial charge in [-0.05, 0) is 31.0 Å². The highest BCUT2D eigenvalue weighted by Gasteiger charge is 2.28. The zero-order chi connectivity index (χ0) is 13.7. The molecule has 0 aliphatic heterocycles. The molecule has 0 aliphatic rings. The summed E-state index contributed by atoms with van der Waals surface area (Å²) in [7, 11) is 0. The second-order valence-electron chi connectivity index (χ2n) is 3.92. The van der Waals surface area contributed by atoms with E-state index in [2.05, 4.69) is 0 Å². The lowest BCUT2D eigenvalue weighted by atomic mass is 9.93. The van der Waals surface area contributed by atoms with Crippen LogP contribution in [-0.4, -0.2) is 22.8 Å². The van der Waals surface area contributed by atoms with Crippen LogP contribution in [0.5, 0.6) is 5.75 Å². The molecule has 2 unspecified atom stereocenters. The number of hydrogen-bond donors (Lipinski definition) is 2. The van der Waals surface area contributed by atoms with Crippen LogP contribution in [0.4, 0.5) is 4.39 Å². The molecule has 2 atom stereocenters. The average molecular weight is 256 g/mol. The van der Waals surface area contributed by atoms with E-state index < -0.39 is 29.6 Å². The van der Waals surface area contributed by atoms with Crippen LogP contribution in [0, 0.1) is 11.7 Å². The molecule has 0 amide bonds. The van der Waals surface area contributed by atoms with Crippen molar-refractivity contribution >= 4 is 5.97 Å². The highest BCUT2D eigenvalue weighted by atomic mass is 19.1. The van der Waals surface area contributed by atoms with Crippen LogP contribution in [0.1, 0.15) is 31.9 Å². The summed E-state index contributed by atoms with van der Waals surface area (Å²) in [5.41, 5.74) is 0.241. The normalized spacial score (nSPS) is 14.0.